The van der Waals surface area contributed by atoms with E-state index < -0.39 is 11.4 Å². The van der Waals surface area contributed by atoms with Crippen LogP contribution >= 0.6 is 0 Å². The van der Waals surface area contributed by atoms with Crippen molar-refractivity contribution in [1.29, 1.82) is 0 Å². The molecule has 0 bridgehead atoms. The lowest BCUT2D eigenvalue weighted by Gasteiger charge is -2.24. The van der Waals surface area contributed by atoms with Gasteiger partial charge in [-0.2, -0.15) is 0 Å². The van der Waals surface area contributed by atoms with E-state index in [1.165, 1.54) is 89.9 Å². The van der Waals surface area contributed by atoms with Gasteiger partial charge in [0, 0.05) is 23.8 Å². The molecule has 3 rings (SSSR count). The second kappa shape index (κ2) is 28.8. The first kappa shape index (κ1) is 49.7. The number of carbonyl (C=O) groups excluding carboxylic acids is 3. The number of fused-ring (bicyclic) bond motifs is 1. The van der Waals surface area contributed by atoms with E-state index in [1.54, 1.807) is 19.2 Å². The van der Waals surface area contributed by atoms with Crippen molar-refractivity contribution in [2.75, 3.05) is 26.9 Å². The van der Waals surface area contributed by atoms with Crippen molar-refractivity contribution in [2.45, 2.75) is 156 Å². The Bertz CT molecular complexity index is 1790. The fourth-order valence-corrected chi connectivity index (χ4v) is 7.38. The Hall–Kier alpha value is -4.64. The highest BCUT2D eigenvalue weighted by Gasteiger charge is 2.27. The second-order valence-electron chi connectivity index (χ2n) is 17.1. The van der Waals surface area contributed by atoms with Crippen molar-refractivity contribution in [3.8, 4) is 5.75 Å². The lowest BCUT2D eigenvalue weighted by atomic mass is 9.93. The molecular weight excluding hydrogens is 751 g/mol. The Morgan fingerprint density at radius 1 is 0.617 bits per heavy atom. The van der Waals surface area contributed by atoms with Gasteiger partial charge in [-0.1, -0.05) is 166 Å². The van der Waals surface area contributed by atoms with Crippen LogP contribution in [0.2, 0.25) is 0 Å². The summed E-state index contributed by atoms with van der Waals surface area (Å²) in [4.78, 5) is 42.6. The SMILES string of the molecule is [C-]#[N+]C(C(=O)OCC(C)(C)COC(=O)CCCCC(=O)OCC(CCCCCCCC)CCCCCCCCCC)=C(c1ccc(OC)cc1)c1ccc2ccccc2c1. The summed E-state index contributed by atoms with van der Waals surface area (Å²) in [5, 5.41) is 2.02. The molecule has 0 fully saturated rings. The Morgan fingerprint density at radius 3 is 1.70 bits per heavy atom. The minimum absolute atomic E-state index is 0.0348. The molecule has 60 heavy (non-hydrogen) atoms. The maximum Gasteiger partial charge on any atom is 0.336 e. The van der Waals surface area contributed by atoms with Crippen LogP contribution in [0.1, 0.15) is 167 Å². The summed E-state index contributed by atoms with van der Waals surface area (Å²) >= 11 is 0. The van der Waals surface area contributed by atoms with E-state index in [0.29, 0.717) is 47.8 Å². The van der Waals surface area contributed by atoms with Crippen molar-refractivity contribution >= 4 is 34.3 Å². The monoisotopic (exact) mass is 824 g/mol. The van der Waals surface area contributed by atoms with Crippen LogP contribution < -0.4 is 4.74 Å². The topological polar surface area (TPSA) is 92.5 Å². The van der Waals surface area contributed by atoms with Crippen LogP contribution in [0, 0.1) is 17.9 Å². The normalized spacial score (nSPS) is 12.3. The van der Waals surface area contributed by atoms with Gasteiger partial charge >= 0.3 is 17.9 Å². The number of hydrogen-bond acceptors (Lipinski definition) is 7. The van der Waals surface area contributed by atoms with E-state index in [-0.39, 0.29) is 43.7 Å². The molecule has 0 amide bonds. The summed E-state index contributed by atoms with van der Waals surface area (Å²) in [5.74, 6) is -0.242. The van der Waals surface area contributed by atoms with E-state index in [1.807, 2.05) is 68.4 Å². The summed E-state index contributed by atoms with van der Waals surface area (Å²) in [6, 6.07) is 21.0. The molecule has 0 N–H and O–H groups in total. The summed E-state index contributed by atoms with van der Waals surface area (Å²) in [6.07, 6.45) is 21.7. The fraction of sp³-hybridized carbons (Fsp3) is 0.577. The molecule has 0 aliphatic heterocycles. The van der Waals surface area contributed by atoms with Crippen molar-refractivity contribution in [1.82, 2.24) is 0 Å². The molecule has 1 atom stereocenters. The zero-order chi connectivity index (χ0) is 43.4. The van der Waals surface area contributed by atoms with E-state index in [4.69, 9.17) is 25.5 Å². The Labute approximate surface area is 361 Å². The van der Waals surface area contributed by atoms with Crippen LogP contribution in [0.5, 0.6) is 5.75 Å². The molecule has 0 aromatic heterocycles. The molecule has 0 saturated carbocycles. The highest BCUT2D eigenvalue weighted by atomic mass is 16.5. The van der Waals surface area contributed by atoms with E-state index in [9.17, 15) is 14.4 Å². The first-order chi connectivity index (χ1) is 29.1. The molecule has 8 nitrogen and oxygen atoms in total. The van der Waals surface area contributed by atoms with Gasteiger partial charge < -0.3 is 18.9 Å². The van der Waals surface area contributed by atoms with Gasteiger partial charge in [-0.3, -0.25) is 14.4 Å². The third-order valence-electron chi connectivity index (χ3n) is 11.1. The first-order valence-corrected chi connectivity index (χ1v) is 22.8. The van der Waals surface area contributed by atoms with Crippen molar-refractivity contribution < 1.29 is 33.3 Å². The van der Waals surface area contributed by atoms with Crippen LogP contribution in [0.15, 0.2) is 72.4 Å². The van der Waals surface area contributed by atoms with Crippen molar-refractivity contribution in [3.05, 3.63) is 95.0 Å². The standard InChI is InChI=1S/C52H73NO7/c1-7-9-11-13-15-16-18-20-26-41(25-19-17-14-12-10-8-2)38-58-47(54)29-23-24-30-48(55)59-39-52(3,4)40-60-51(56)50(53-5)49(43-33-35-46(57-6)36-34-43)45-32-31-42-27-21-22-28-44(42)37-45/h21-22,27-28,31-37,41H,7-20,23-26,29-30,38-40H2,1-4,6H3. The minimum atomic E-state index is -0.753. The van der Waals surface area contributed by atoms with Gasteiger partial charge in [0.15, 0.2) is 0 Å². The summed E-state index contributed by atoms with van der Waals surface area (Å²) < 4.78 is 22.4. The highest BCUT2D eigenvalue weighted by Crippen LogP contribution is 2.32. The van der Waals surface area contributed by atoms with Gasteiger partial charge in [0.25, 0.3) is 5.70 Å². The Balaban J connectivity index is 1.44. The molecule has 0 saturated heterocycles. The van der Waals surface area contributed by atoms with Crippen molar-refractivity contribution in [2.24, 2.45) is 11.3 Å². The molecular formula is C52H73NO7. The lowest BCUT2D eigenvalue weighted by Crippen LogP contribution is -2.29. The third-order valence-corrected chi connectivity index (χ3v) is 11.1. The molecule has 3 aromatic carbocycles. The molecule has 0 spiro atoms. The number of unbranched alkanes of at least 4 members (excludes halogenated alkanes) is 13. The highest BCUT2D eigenvalue weighted by molar-refractivity contribution is 6.04. The van der Waals surface area contributed by atoms with Crippen LogP contribution in [0.25, 0.3) is 21.2 Å². The predicted molar refractivity (Wildman–Crippen MR) is 243 cm³/mol. The number of ether oxygens (including phenoxy) is 4. The van der Waals surface area contributed by atoms with Crippen molar-refractivity contribution in [3.63, 3.8) is 0 Å². The van der Waals surface area contributed by atoms with Crippen LogP contribution in [0.3, 0.4) is 0 Å². The predicted octanol–water partition coefficient (Wildman–Crippen LogP) is 13.6. The molecule has 8 heteroatoms. The molecule has 328 valence electrons. The molecule has 0 radical (unpaired) electrons. The van der Waals surface area contributed by atoms with Gasteiger partial charge in [0.2, 0.25) is 0 Å². The average molecular weight is 824 g/mol. The van der Waals surface area contributed by atoms with E-state index in [0.717, 1.165) is 23.6 Å². The summed E-state index contributed by atoms with van der Waals surface area (Å²) in [6.45, 7) is 16.7. The lowest BCUT2D eigenvalue weighted by molar-refractivity contribution is -0.151. The third kappa shape index (κ3) is 19.2. The van der Waals surface area contributed by atoms with Crippen LogP contribution in [-0.2, 0) is 28.6 Å². The fourth-order valence-electron chi connectivity index (χ4n) is 7.38. The number of benzene rings is 3. The molecule has 0 aliphatic carbocycles. The van der Waals surface area contributed by atoms with Gasteiger partial charge in [-0.05, 0) is 71.7 Å². The Kier molecular flexibility index (Phi) is 23.8. The second-order valence-corrected chi connectivity index (χ2v) is 17.1. The first-order valence-electron chi connectivity index (χ1n) is 22.8. The zero-order valence-electron chi connectivity index (χ0n) is 37.5. The zero-order valence-corrected chi connectivity index (χ0v) is 37.5. The van der Waals surface area contributed by atoms with E-state index in [2.05, 4.69) is 18.7 Å². The summed E-state index contributed by atoms with van der Waals surface area (Å²) in [5.41, 5.74) is 1.01. The summed E-state index contributed by atoms with van der Waals surface area (Å²) in [7, 11) is 1.58. The number of carbonyl (C=O) groups is 3. The van der Waals surface area contributed by atoms with Gasteiger partial charge in [-0.25, -0.2) is 4.85 Å². The molecule has 0 heterocycles. The average Bonchev–Trinajstić information content (AvgIpc) is 3.26. The molecule has 0 aliphatic rings. The van der Waals surface area contributed by atoms with Gasteiger partial charge in [-0.15, -0.1) is 0 Å². The minimum Gasteiger partial charge on any atom is -0.497 e. The number of esters is 3. The van der Waals surface area contributed by atoms with Gasteiger partial charge in [0.05, 0.1) is 33.5 Å². The Morgan fingerprint density at radius 2 is 1.13 bits per heavy atom. The number of rotatable bonds is 31. The number of methoxy groups -OCH3 is 1. The quantitative estimate of drug-likeness (QED) is 0.0210. The number of hydrogen-bond donors (Lipinski definition) is 0. The smallest absolute Gasteiger partial charge is 0.336 e. The largest absolute Gasteiger partial charge is 0.497 e. The van der Waals surface area contributed by atoms with Gasteiger partial charge in [0.1, 0.15) is 5.75 Å². The van der Waals surface area contributed by atoms with E-state index >= 15 is 0 Å². The number of nitrogens with zero attached hydrogens (tertiary/aromatic N) is 1. The van der Waals surface area contributed by atoms with Crippen LogP contribution in [0.4, 0.5) is 0 Å². The maximum absolute atomic E-state index is 13.6. The molecule has 3 aromatic rings. The van der Waals surface area contributed by atoms with Crippen LogP contribution in [-0.4, -0.2) is 44.8 Å². The maximum atomic E-state index is 13.6. The molecule has 1 unspecified atom stereocenters.